The van der Waals surface area contributed by atoms with Gasteiger partial charge in [-0.3, -0.25) is 0 Å². The maximum absolute atomic E-state index is 12.4. The Kier molecular flexibility index (Phi) is 3.89. The molecule has 0 saturated carbocycles. The number of rotatable bonds is 2. The zero-order chi connectivity index (χ0) is 13.4. The molecule has 0 aliphatic heterocycles. The van der Waals surface area contributed by atoms with Gasteiger partial charge in [-0.2, -0.15) is 13.2 Å². The summed E-state index contributed by atoms with van der Waals surface area (Å²) in [6.07, 6.45) is -8.09. The standard InChI is InChI=1S/C8H3F5INO2/c9-6(10)2-1-3(14)5(8(11,12)13)15-4(2)7(16)17/h1,6H,(H,16,17). The Morgan fingerprint density at radius 1 is 1.41 bits per heavy atom. The van der Waals surface area contributed by atoms with Gasteiger partial charge in [0.2, 0.25) is 0 Å². The number of pyridine rings is 1. The summed E-state index contributed by atoms with van der Waals surface area (Å²) < 4.78 is 61.4. The van der Waals surface area contributed by atoms with Crippen LogP contribution in [0.25, 0.3) is 0 Å². The van der Waals surface area contributed by atoms with Gasteiger partial charge in [0.15, 0.2) is 11.4 Å². The quantitative estimate of drug-likeness (QED) is 0.645. The lowest BCUT2D eigenvalue weighted by Gasteiger charge is -2.11. The van der Waals surface area contributed by atoms with Crippen LogP contribution >= 0.6 is 22.6 Å². The lowest BCUT2D eigenvalue weighted by Crippen LogP contribution is -2.16. The van der Waals surface area contributed by atoms with Crippen LogP contribution in [-0.4, -0.2) is 16.1 Å². The summed E-state index contributed by atoms with van der Waals surface area (Å²) in [5.74, 6) is -1.93. The van der Waals surface area contributed by atoms with Crippen molar-refractivity contribution in [3.8, 4) is 0 Å². The molecule has 1 aromatic rings. The molecule has 94 valence electrons. The minimum atomic E-state index is -4.89. The molecule has 0 aliphatic carbocycles. The van der Waals surface area contributed by atoms with Gasteiger partial charge in [-0.15, -0.1) is 0 Å². The molecule has 9 heteroatoms. The normalized spacial score (nSPS) is 11.9. The van der Waals surface area contributed by atoms with Crippen LogP contribution in [0, 0.1) is 3.57 Å². The minimum Gasteiger partial charge on any atom is -0.476 e. The Balaban J connectivity index is 3.51. The van der Waals surface area contributed by atoms with Crippen molar-refractivity contribution < 1.29 is 31.9 Å². The molecule has 0 bridgehead atoms. The smallest absolute Gasteiger partial charge is 0.434 e. The zero-order valence-corrected chi connectivity index (χ0v) is 9.88. The summed E-state index contributed by atoms with van der Waals surface area (Å²) in [5, 5.41) is 8.53. The van der Waals surface area contributed by atoms with E-state index in [0.29, 0.717) is 6.07 Å². The molecule has 17 heavy (non-hydrogen) atoms. The van der Waals surface area contributed by atoms with Gasteiger partial charge in [0.1, 0.15) is 0 Å². The lowest BCUT2D eigenvalue weighted by atomic mass is 10.1. The molecule has 3 nitrogen and oxygen atoms in total. The molecule has 0 saturated heterocycles. The van der Waals surface area contributed by atoms with Crippen LogP contribution in [0.15, 0.2) is 6.07 Å². The van der Waals surface area contributed by atoms with E-state index < -0.39 is 39.1 Å². The van der Waals surface area contributed by atoms with Gasteiger partial charge >= 0.3 is 12.1 Å². The van der Waals surface area contributed by atoms with E-state index in [1.807, 2.05) is 0 Å². The highest BCUT2D eigenvalue weighted by molar-refractivity contribution is 14.1. The Labute approximate surface area is 105 Å². The highest BCUT2D eigenvalue weighted by Gasteiger charge is 2.37. The number of halogens is 6. The summed E-state index contributed by atoms with van der Waals surface area (Å²) in [6, 6.07) is 0.477. The third-order valence-corrected chi connectivity index (χ3v) is 2.53. The van der Waals surface area contributed by atoms with Crippen molar-refractivity contribution >= 4 is 28.6 Å². The summed E-state index contributed by atoms with van der Waals surface area (Å²) in [7, 11) is 0. The lowest BCUT2D eigenvalue weighted by molar-refractivity contribution is -0.142. The zero-order valence-electron chi connectivity index (χ0n) is 7.73. The molecule has 1 aromatic heterocycles. The van der Waals surface area contributed by atoms with Gasteiger partial charge in [-0.05, 0) is 28.7 Å². The van der Waals surface area contributed by atoms with Crippen molar-refractivity contribution in [2.24, 2.45) is 0 Å². The first-order chi connectivity index (χ1) is 7.64. The number of aromatic carboxylic acids is 1. The molecule has 0 atom stereocenters. The van der Waals surface area contributed by atoms with E-state index in [4.69, 9.17) is 5.11 Å². The molecule has 0 aromatic carbocycles. The minimum absolute atomic E-state index is 0.477. The van der Waals surface area contributed by atoms with Crippen molar-refractivity contribution in [3.63, 3.8) is 0 Å². The maximum atomic E-state index is 12.4. The first-order valence-electron chi connectivity index (χ1n) is 3.93. The SMILES string of the molecule is O=C(O)c1nc(C(F)(F)F)c(I)cc1C(F)F. The van der Waals surface area contributed by atoms with Crippen LogP contribution in [0.4, 0.5) is 22.0 Å². The topological polar surface area (TPSA) is 50.2 Å². The summed E-state index contributed by atoms with van der Waals surface area (Å²) >= 11 is 1.18. The van der Waals surface area contributed by atoms with Crippen molar-refractivity contribution in [3.05, 3.63) is 26.6 Å². The molecule has 0 radical (unpaired) electrons. The fraction of sp³-hybridized carbons (Fsp3) is 0.250. The Bertz CT molecular complexity index is 460. The maximum Gasteiger partial charge on any atom is 0.434 e. The Morgan fingerprint density at radius 2 is 1.94 bits per heavy atom. The highest BCUT2D eigenvalue weighted by atomic mass is 127. The third-order valence-electron chi connectivity index (χ3n) is 1.71. The van der Waals surface area contributed by atoms with E-state index in [1.165, 1.54) is 22.6 Å². The molecule has 0 amide bonds. The van der Waals surface area contributed by atoms with Crippen LogP contribution in [0.1, 0.15) is 28.2 Å². The fourth-order valence-electron chi connectivity index (χ4n) is 1.04. The number of carbonyl (C=O) groups is 1. The molecule has 0 unspecified atom stereocenters. The third kappa shape index (κ3) is 3.01. The summed E-state index contributed by atoms with van der Waals surface area (Å²) in [4.78, 5) is 13.3. The second-order valence-corrected chi connectivity index (χ2v) is 4.02. The Morgan fingerprint density at radius 3 is 2.29 bits per heavy atom. The van der Waals surface area contributed by atoms with Gasteiger partial charge in [0.25, 0.3) is 6.43 Å². The number of carboxylic acids is 1. The van der Waals surface area contributed by atoms with Crippen molar-refractivity contribution in [1.82, 2.24) is 4.98 Å². The van der Waals surface area contributed by atoms with Crippen molar-refractivity contribution in [2.45, 2.75) is 12.6 Å². The van der Waals surface area contributed by atoms with Gasteiger partial charge < -0.3 is 5.11 Å². The van der Waals surface area contributed by atoms with Crippen LogP contribution in [0.5, 0.6) is 0 Å². The highest BCUT2D eigenvalue weighted by Crippen LogP contribution is 2.34. The van der Waals surface area contributed by atoms with E-state index >= 15 is 0 Å². The largest absolute Gasteiger partial charge is 0.476 e. The van der Waals surface area contributed by atoms with E-state index in [-0.39, 0.29) is 0 Å². The number of hydrogen-bond acceptors (Lipinski definition) is 2. The van der Waals surface area contributed by atoms with Gasteiger partial charge in [0.05, 0.1) is 5.56 Å². The van der Waals surface area contributed by atoms with Crippen LogP contribution < -0.4 is 0 Å². The average Bonchev–Trinajstić information content (AvgIpc) is 2.14. The number of alkyl halides is 5. The van der Waals surface area contributed by atoms with Crippen LogP contribution in [-0.2, 0) is 6.18 Å². The fourth-order valence-corrected chi connectivity index (χ4v) is 1.80. The predicted octanol–water partition coefficient (Wildman–Crippen LogP) is 3.34. The molecular formula is C8H3F5INO2. The number of aromatic nitrogens is 1. The molecule has 1 rings (SSSR count). The number of nitrogens with zero attached hydrogens (tertiary/aromatic N) is 1. The van der Waals surface area contributed by atoms with Crippen molar-refractivity contribution in [1.29, 1.82) is 0 Å². The first-order valence-corrected chi connectivity index (χ1v) is 5.01. The van der Waals surface area contributed by atoms with Gasteiger partial charge in [0, 0.05) is 3.57 Å². The molecule has 0 fully saturated rings. The van der Waals surface area contributed by atoms with Gasteiger partial charge in [-0.25, -0.2) is 18.6 Å². The summed E-state index contributed by atoms with van der Waals surface area (Å²) in [6.45, 7) is 0. The Hall–Kier alpha value is -1.00. The number of hydrogen-bond donors (Lipinski definition) is 1. The summed E-state index contributed by atoms with van der Waals surface area (Å²) in [5.41, 5.74) is -3.80. The van der Waals surface area contributed by atoms with E-state index in [0.717, 1.165) is 0 Å². The monoisotopic (exact) mass is 367 g/mol. The average molecular weight is 367 g/mol. The van der Waals surface area contributed by atoms with Crippen LogP contribution in [0.3, 0.4) is 0 Å². The molecule has 1 N–H and O–H groups in total. The van der Waals surface area contributed by atoms with Crippen molar-refractivity contribution in [2.75, 3.05) is 0 Å². The predicted molar refractivity (Wildman–Crippen MR) is 53.9 cm³/mol. The van der Waals surface area contributed by atoms with E-state index in [1.54, 1.807) is 0 Å². The molecular weight excluding hydrogens is 364 g/mol. The molecule has 0 aliphatic rings. The van der Waals surface area contributed by atoms with Gasteiger partial charge in [-0.1, -0.05) is 0 Å². The molecule has 0 spiro atoms. The van der Waals surface area contributed by atoms with Crippen LogP contribution in [0.2, 0.25) is 0 Å². The molecule has 1 heterocycles. The number of carboxylic acid groups (broad SMARTS) is 1. The first kappa shape index (κ1) is 14.1. The second-order valence-electron chi connectivity index (χ2n) is 2.86. The van der Waals surface area contributed by atoms with E-state index in [2.05, 4.69) is 4.98 Å². The van der Waals surface area contributed by atoms with E-state index in [9.17, 15) is 26.7 Å². The second kappa shape index (κ2) is 4.70.